The fourth-order valence-electron chi connectivity index (χ4n) is 4.18. The first-order valence-corrected chi connectivity index (χ1v) is 9.65. The lowest BCUT2D eigenvalue weighted by atomic mass is 9.95. The number of hydrogen-bond acceptors (Lipinski definition) is 4. The largest absolute Gasteiger partial charge is 0.351 e. The van der Waals surface area contributed by atoms with Gasteiger partial charge in [0.15, 0.2) is 0 Å². The van der Waals surface area contributed by atoms with Gasteiger partial charge in [-0.25, -0.2) is 4.98 Å². The second-order valence-electron chi connectivity index (χ2n) is 7.62. The van der Waals surface area contributed by atoms with Gasteiger partial charge in [-0.3, -0.25) is 0 Å². The minimum Gasteiger partial charge on any atom is -0.351 e. The van der Waals surface area contributed by atoms with E-state index in [-0.39, 0.29) is 0 Å². The fraction of sp³-hybridized carbons (Fsp3) is 0.524. The van der Waals surface area contributed by atoms with Crippen molar-refractivity contribution in [3.8, 4) is 0 Å². The maximum Gasteiger partial charge on any atom is 0.225 e. The highest BCUT2D eigenvalue weighted by Crippen LogP contribution is 2.28. The normalized spacial score (nSPS) is 21.0. The van der Waals surface area contributed by atoms with Crippen molar-refractivity contribution >= 4 is 11.8 Å². The predicted octanol–water partition coefficient (Wildman–Crippen LogP) is 4.48. The molecule has 0 radical (unpaired) electrons. The topological polar surface area (TPSA) is 41.1 Å². The number of fused-ring (bicyclic) bond motifs is 1. The monoisotopic (exact) mass is 336 g/mol. The molecule has 1 N–H and O–H groups in total. The van der Waals surface area contributed by atoms with E-state index in [1.165, 1.54) is 43.2 Å². The Hall–Kier alpha value is -2.10. The molecule has 4 nitrogen and oxygen atoms in total. The highest BCUT2D eigenvalue weighted by molar-refractivity contribution is 5.49. The van der Waals surface area contributed by atoms with Crippen LogP contribution in [-0.2, 0) is 13.0 Å². The van der Waals surface area contributed by atoms with Crippen molar-refractivity contribution in [1.29, 1.82) is 0 Å². The molecule has 0 saturated heterocycles. The van der Waals surface area contributed by atoms with Gasteiger partial charge in [0.1, 0.15) is 5.82 Å². The van der Waals surface area contributed by atoms with Gasteiger partial charge in [0.25, 0.3) is 0 Å². The lowest BCUT2D eigenvalue weighted by Crippen LogP contribution is -2.39. The summed E-state index contributed by atoms with van der Waals surface area (Å²) in [6.45, 7) is 5.29. The summed E-state index contributed by atoms with van der Waals surface area (Å²) in [4.78, 5) is 11.9. The van der Waals surface area contributed by atoms with Crippen LogP contribution < -0.4 is 10.2 Å². The van der Waals surface area contributed by atoms with Gasteiger partial charge in [-0.05, 0) is 44.2 Å². The van der Waals surface area contributed by atoms with Gasteiger partial charge in [0.05, 0.1) is 0 Å². The van der Waals surface area contributed by atoms with E-state index in [2.05, 4.69) is 59.4 Å². The van der Waals surface area contributed by atoms with Gasteiger partial charge in [0.2, 0.25) is 5.95 Å². The fourth-order valence-corrected chi connectivity index (χ4v) is 4.18. The lowest BCUT2D eigenvalue weighted by molar-refractivity contribution is 0.460. The average molecular weight is 336 g/mol. The van der Waals surface area contributed by atoms with Crippen molar-refractivity contribution < 1.29 is 0 Å². The van der Waals surface area contributed by atoms with Crippen molar-refractivity contribution in [3.05, 3.63) is 47.2 Å². The van der Waals surface area contributed by atoms with Crippen molar-refractivity contribution in [2.75, 3.05) is 10.2 Å². The summed E-state index contributed by atoms with van der Waals surface area (Å²) in [6.07, 6.45) is 7.54. The minimum absolute atomic E-state index is 0.451. The van der Waals surface area contributed by atoms with Crippen LogP contribution in [0.5, 0.6) is 0 Å². The summed E-state index contributed by atoms with van der Waals surface area (Å²) < 4.78 is 0. The van der Waals surface area contributed by atoms with Gasteiger partial charge in [-0.15, -0.1) is 0 Å². The molecule has 1 aromatic carbocycles. The molecule has 4 rings (SSSR count). The molecule has 2 aromatic rings. The van der Waals surface area contributed by atoms with Crippen molar-refractivity contribution in [1.82, 2.24) is 9.97 Å². The second kappa shape index (κ2) is 7.03. The van der Waals surface area contributed by atoms with Gasteiger partial charge in [0, 0.05) is 30.4 Å². The average Bonchev–Trinajstić information content (AvgIpc) is 2.61. The molecule has 1 aromatic heterocycles. The molecule has 1 aliphatic carbocycles. The zero-order valence-electron chi connectivity index (χ0n) is 15.3. The molecule has 4 heteroatoms. The quantitative estimate of drug-likeness (QED) is 0.897. The van der Waals surface area contributed by atoms with E-state index in [0.717, 1.165) is 30.4 Å². The molecule has 2 heterocycles. The molecule has 0 unspecified atom stereocenters. The number of aryl methyl sites for hydroxylation is 1. The number of rotatable bonds is 3. The summed E-state index contributed by atoms with van der Waals surface area (Å²) in [7, 11) is 0. The molecule has 25 heavy (non-hydrogen) atoms. The molecule has 2 aliphatic rings. The maximum absolute atomic E-state index is 4.88. The molecular weight excluding hydrogens is 308 g/mol. The van der Waals surface area contributed by atoms with E-state index in [0.29, 0.717) is 12.1 Å². The van der Waals surface area contributed by atoms with E-state index >= 15 is 0 Å². The van der Waals surface area contributed by atoms with Crippen molar-refractivity contribution in [2.24, 2.45) is 0 Å². The Morgan fingerprint density at radius 1 is 1.04 bits per heavy atom. The summed E-state index contributed by atoms with van der Waals surface area (Å²) in [5.41, 5.74) is 3.92. The summed E-state index contributed by atoms with van der Waals surface area (Å²) in [5, 5.41) is 3.59. The number of benzene rings is 1. The van der Waals surface area contributed by atoms with Crippen LogP contribution in [0.4, 0.5) is 11.8 Å². The molecule has 1 atom stereocenters. The number of anilines is 2. The van der Waals surface area contributed by atoms with Gasteiger partial charge < -0.3 is 10.2 Å². The Morgan fingerprint density at radius 3 is 2.60 bits per heavy atom. The number of hydrogen-bond donors (Lipinski definition) is 1. The zero-order chi connectivity index (χ0) is 17.2. The molecular formula is C21H28N4. The van der Waals surface area contributed by atoms with Crippen molar-refractivity contribution in [3.63, 3.8) is 0 Å². The maximum atomic E-state index is 4.88. The first-order valence-electron chi connectivity index (χ1n) is 9.65. The van der Waals surface area contributed by atoms with Crippen LogP contribution in [0.25, 0.3) is 0 Å². The highest BCUT2D eigenvalue weighted by atomic mass is 15.3. The molecule has 0 bridgehead atoms. The Balaban J connectivity index is 1.57. The first kappa shape index (κ1) is 16.4. The Kier molecular flexibility index (Phi) is 4.60. The number of aromatic nitrogens is 2. The third kappa shape index (κ3) is 3.63. The van der Waals surface area contributed by atoms with Crippen molar-refractivity contribution in [2.45, 2.75) is 71.0 Å². The third-order valence-corrected chi connectivity index (χ3v) is 5.58. The lowest BCUT2D eigenvalue weighted by Gasteiger charge is -2.36. The van der Waals surface area contributed by atoms with Gasteiger partial charge in [-0.1, -0.05) is 43.5 Å². The van der Waals surface area contributed by atoms with Crippen LogP contribution >= 0.6 is 0 Å². The van der Waals surface area contributed by atoms with E-state index in [4.69, 9.17) is 4.98 Å². The van der Waals surface area contributed by atoms with E-state index < -0.39 is 0 Å². The molecule has 132 valence electrons. The molecule has 0 amide bonds. The van der Waals surface area contributed by atoms with Crippen LogP contribution in [0.15, 0.2) is 30.3 Å². The smallest absolute Gasteiger partial charge is 0.225 e. The predicted molar refractivity (Wildman–Crippen MR) is 103 cm³/mol. The summed E-state index contributed by atoms with van der Waals surface area (Å²) in [6, 6.07) is 11.9. The Morgan fingerprint density at radius 2 is 1.80 bits per heavy atom. The number of nitrogens with zero attached hydrogens (tertiary/aromatic N) is 3. The molecule has 1 saturated carbocycles. The van der Waals surface area contributed by atoms with Crippen LogP contribution in [0, 0.1) is 6.92 Å². The second-order valence-corrected chi connectivity index (χ2v) is 7.62. The van der Waals surface area contributed by atoms with Crippen LogP contribution in [-0.4, -0.2) is 22.1 Å². The standard InChI is InChI=1S/C21H28N4/c1-15-12-20(24-21(22-15)23-19-10-4-3-5-11-19)25-14-18-9-7-6-8-17(18)13-16(25)2/h6-9,12,16,19H,3-5,10-11,13-14H2,1-2H3,(H,22,23,24)/t16-/m1/s1. The Bertz CT molecular complexity index is 736. The van der Waals surface area contributed by atoms with Crippen LogP contribution in [0.1, 0.15) is 55.8 Å². The highest BCUT2D eigenvalue weighted by Gasteiger charge is 2.24. The molecule has 0 spiro atoms. The van der Waals surface area contributed by atoms with E-state index in [9.17, 15) is 0 Å². The van der Waals surface area contributed by atoms with Gasteiger partial charge >= 0.3 is 0 Å². The third-order valence-electron chi connectivity index (χ3n) is 5.58. The molecule has 1 fully saturated rings. The molecule has 1 aliphatic heterocycles. The minimum atomic E-state index is 0.451. The van der Waals surface area contributed by atoms with E-state index in [1.54, 1.807) is 0 Å². The van der Waals surface area contributed by atoms with E-state index in [1.807, 2.05) is 0 Å². The zero-order valence-corrected chi connectivity index (χ0v) is 15.3. The number of nitrogens with one attached hydrogen (secondary N) is 1. The first-order chi connectivity index (χ1) is 12.2. The van der Waals surface area contributed by atoms with Gasteiger partial charge in [-0.2, -0.15) is 4.98 Å². The SMILES string of the molecule is Cc1cc(N2Cc3ccccc3C[C@H]2C)nc(NC2CCCCC2)n1. The summed E-state index contributed by atoms with van der Waals surface area (Å²) >= 11 is 0. The summed E-state index contributed by atoms with van der Waals surface area (Å²) in [5.74, 6) is 1.85. The van der Waals surface area contributed by atoms with Crippen LogP contribution in [0.3, 0.4) is 0 Å². The Labute approximate surface area is 150 Å². The van der Waals surface area contributed by atoms with Crippen LogP contribution in [0.2, 0.25) is 0 Å².